The molecular weight excluding hydrogens is 437 g/mol. The highest BCUT2D eigenvalue weighted by Gasteiger charge is 2.29. The molecule has 0 unspecified atom stereocenters. The summed E-state index contributed by atoms with van der Waals surface area (Å²) in [6.07, 6.45) is 0.730. The van der Waals surface area contributed by atoms with Crippen molar-refractivity contribution < 1.29 is 18.8 Å². The number of aromatic nitrogens is 2. The fraction of sp³-hybridized carbons (Fsp3) is 0.280. The fourth-order valence-electron chi connectivity index (χ4n) is 4.01. The molecule has 4 rings (SSSR count). The minimum absolute atomic E-state index is 0.0844. The van der Waals surface area contributed by atoms with Gasteiger partial charge in [0.05, 0.1) is 0 Å². The van der Waals surface area contributed by atoms with E-state index >= 15 is 0 Å². The zero-order valence-corrected chi connectivity index (χ0v) is 18.9. The van der Waals surface area contributed by atoms with Crippen LogP contribution in [-0.2, 0) is 36.1 Å². The predicted octanol–water partition coefficient (Wildman–Crippen LogP) is 2.79. The van der Waals surface area contributed by atoms with Crippen molar-refractivity contribution in [3.05, 3.63) is 82.9 Å². The highest BCUT2D eigenvalue weighted by molar-refractivity contribution is 6.04. The molecule has 34 heavy (non-hydrogen) atoms. The Morgan fingerprint density at radius 1 is 1.06 bits per heavy atom. The summed E-state index contributed by atoms with van der Waals surface area (Å²) in [5.74, 6) is -1.25. The van der Waals surface area contributed by atoms with Crippen LogP contribution in [0.4, 0.5) is 10.1 Å². The maximum absolute atomic E-state index is 13.5. The number of halogens is 1. The van der Waals surface area contributed by atoms with Crippen LogP contribution in [0.5, 0.6) is 0 Å². The van der Waals surface area contributed by atoms with Crippen LogP contribution in [0.1, 0.15) is 40.2 Å². The quantitative estimate of drug-likeness (QED) is 0.563. The molecule has 1 aromatic heterocycles. The van der Waals surface area contributed by atoms with E-state index in [4.69, 9.17) is 0 Å². The van der Waals surface area contributed by atoms with Gasteiger partial charge in [-0.3, -0.25) is 19.1 Å². The summed E-state index contributed by atoms with van der Waals surface area (Å²) in [6, 6.07) is 15.2. The van der Waals surface area contributed by atoms with Crippen LogP contribution in [0.15, 0.2) is 54.6 Å². The predicted molar refractivity (Wildman–Crippen MR) is 124 cm³/mol. The molecule has 2 aromatic carbocycles. The van der Waals surface area contributed by atoms with Crippen molar-refractivity contribution in [1.82, 2.24) is 20.0 Å². The van der Waals surface area contributed by atoms with E-state index in [1.54, 1.807) is 22.7 Å². The topological polar surface area (TPSA) is 96.3 Å². The Balaban J connectivity index is 1.35. The molecule has 0 spiro atoms. The average molecular weight is 464 g/mol. The third-order valence-electron chi connectivity index (χ3n) is 5.79. The first kappa shape index (κ1) is 23.2. The van der Waals surface area contributed by atoms with E-state index in [-0.39, 0.29) is 36.9 Å². The first-order valence-corrected chi connectivity index (χ1v) is 11.1. The van der Waals surface area contributed by atoms with Gasteiger partial charge < -0.3 is 15.5 Å². The van der Waals surface area contributed by atoms with E-state index in [0.29, 0.717) is 30.8 Å². The number of nitrogens with zero attached hydrogens (tertiary/aromatic N) is 3. The van der Waals surface area contributed by atoms with Crippen molar-refractivity contribution in [2.75, 3.05) is 11.9 Å². The Bertz CT molecular complexity index is 1210. The number of anilines is 1. The largest absolute Gasteiger partial charge is 0.352 e. The number of aryl methyl sites for hydroxylation is 1. The van der Waals surface area contributed by atoms with Gasteiger partial charge in [-0.2, -0.15) is 5.10 Å². The molecule has 3 amide bonds. The molecule has 0 aliphatic carbocycles. The van der Waals surface area contributed by atoms with Crippen LogP contribution in [0, 0.1) is 5.82 Å². The monoisotopic (exact) mass is 463 g/mol. The summed E-state index contributed by atoms with van der Waals surface area (Å²) < 4.78 is 15.1. The Morgan fingerprint density at radius 2 is 1.85 bits per heavy atom. The van der Waals surface area contributed by atoms with E-state index in [9.17, 15) is 18.8 Å². The minimum atomic E-state index is -0.461. The van der Waals surface area contributed by atoms with Gasteiger partial charge in [-0.15, -0.1) is 0 Å². The molecule has 8 nitrogen and oxygen atoms in total. The lowest BCUT2D eigenvalue weighted by molar-refractivity contribution is -0.134. The number of benzene rings is 2. The molecule has 0 saturated carbocycles. The molecular formula is C25H26FN5O3. The maximum Gasteiger partial charge on any atom is 0.276 e. The van der Waals surface area contributed by atoms with Crippen LogP contribution in [0.3, 0.4) is 0 Å². The molecule has 0 atom stereocenters. The highest BCUT2D eigenvalue weighted by Crippen LogP contribution is 2.24. The molecule has 0 fully saturated rings. The minimum Gasteiger partial charge on any atom is -0.352 e. The first-order valence-electron chi connectivity index (χ1n) is 11.1. The van der Waals surface area contributed by atoms with Crippen LogP contribution in [-0.4, -0.2) is 38.9 Å². The molecule has 0 bridgehead atoms. The smallest absolute Gasteiger partial charge is 0.276 e. The van der Waals surface area contributed by atoms with Gasteiger partial charge in [0, 0.05) is 62.9 Å². The van der Waals surface area contributed by atoms with Gasteiger partial charge in [0.25, 0.3) is 5.91 Å². The third kappa shape index (κ3) is 5.48. The number of rotatable bonds is 7. The average Bonchev–Trinajstić information content (AvgIpc) is 3.18. The molecule has 2 N–H and O–H groups in total. The maximum atomic E-state index is 13.5. The van der Waals surface area contributed by atoms with E-state index in [1.165, 1.54) is 18.2 Å². The molecule has 2 heterocycles. The summed E-state index contributed by atoms with van der Waals surface area (Å²) >= 11 is 0. The normalized spacial score (nSPS) is 12.7. The second kappa shape index (κ2) is 10.3. The van der Waals surface area contributed by atoms with Crippen LogP contribution in [0.25, 0.3) is 0 Å². The summed E-state index contributed by atoms with van der Waals surface area (Å²) in [4.78, 5) is 39.4. The van der Waals surface area contributed by atoms with Gasteiger partial charge in [-0.25, -0.2) is 4.39 Å². The summed E-state index contributed by atoms with van der Waals surface area (Å²) in [6.45, 7) is 1.14. The summed E-state index contributed by atoms with van der Waals surface area (Å²) in [5.41, 5.74) is 3.08. The number of amides is 3. The second-order valence-electron chi connectivity index (χ2n) is 8.19. The van der Waals surface area contributed by atoms with Gasteiger partial charge >= 0.3 is 0 Å². The lowest BCUT2D eigenvalue weighted by Gasteiger charge is -2.27. The molecule has 176 valence electrons. The fourth-order valence-corrected chi connectivity index (χ4v) is 4.01. The first-order chi connectivity index (χ1) is 16.4. The van der Waals surface area contributed by atoms with Crippen molar-refractivity contribution in [2.24, 2.45) is 7.05 Å². The number of hydrogen-bond acceptors (Lipinski definition) is 4. The second-order valence-corrected chi connectivity index (χ2v) is 8.19. The van der Waals surface area contributed by atoms with Crippen molar-refractivity contribution >= 4 is 23.4 Å². The molecule has 0 saturated heterocycles. The lowest BCUT2D eigenvalue weighted by atomic mass is 10.0. The Morgan fingerprint density at radius 3 is 2.62 bits per heavy atom. The van der Waals surface area contributed by atoms with Gasteiger partial charge in [0.2, 0.25) is 11.8 Å². The molecule has 9 heteroatoms. The molecule has 0 radical (unpaired) electrons. The number of fused-ring (bicyclic) bond motifs is 1. The number of carbonyl (C=O) groups excluding carboxylic acids is 3. The van der Waals surface area contributed by atoms with Crippen molar-refractivity contribution in [1.29, 1.82) is 0 Å². The molecule has 1 aliphatic heterocycles. The van der Waals surface area contributed by atoms with Crippen LogP contribution >= 0.6 is 0 Å². The van der Waals surface area contributed by atoms with Gasteiger partial charge in [0.15, 0.2) is 5.69 Å². The standard InChI is InChI=1S/C25H26FN5O3/c1-30-21-12-13-31(23(33)11-10-22(32)27-15-17-6-3-2-4-7-17)16-20(21)24(29-30)25(34)28-19-9-5-8-18(26)14-19/h2-9,14H,10-13,15-16H2,1H3,(H,27,32)(H,28,34). The number of hydrogen-bond donors (Lipinski definition) is 2. The molecule has 1 aliphatic rings. The lowest BCUT2D eigenvalue weighted by Crippen LogP contribution is -2.37. The van der Waals surface area contributed by atoms with Crippen LogP contribution < -0.4 is 10.6 Å². The summed E-state index contributed by atoms with van der Waals surface area (Å²) in [5, 5.41) is 9.83. The molecule has 3 aromatic rings. The van der Waals surface area contributed by atoms with Gasteiger partial charge in [-0.1, -0.05) is 36.4 Å². The van der Waals surface area contributed by atoms with Crippen molar-refractivity contribution in [3.8, 4) is 0 Å². The number of nitrogens with one attached hydrogen (secondary N) is 2. The highest BCUT2D eigenvalue weighted by atomic mass is 19.1. The van der Waals surface area contributed by atoms with Crippen molar-refractivity contribution in [2.45, 2.75) is 32.4 Å². The van der Waals surface area contributed by atoms with Crippen LogP contribution in [0.2, 0.25) is 0 Å². The van der Waals surface area contributed by atoms with E-state index in [0.717, 1.165) is 11.3 Å². The third-order valence-corrected chi connectivity index (χ3v) is 5.79. The zero-order valence-electron chi connectivity index (χ0n) is 18.9. The van der Waals surface area contributed by atoms with E-state index < -0.39 is 11.7 Å². The summed E-state index contributed by atoms with van der Waals surface area (Å²) in [7, 11) is 1.76. The van der Waals surface area contributed by atoms with E-state index in [1.807, 2.05) is 30.3 Å². The number of carbonyl (C=O) groups is 3. The van der Waals surface area contributed by atoms with Gasteiger partial charge in [0.1, 0.15) is 5.82 Å². The van der Waals surface area contributed by atoms with Gasteiger partial charge in [-0.05, 0) is 23.8 Å². The van der Waals surface area contributed by atoms with Crippen molar-refractivity contribution in [3.63, 3.8) is 0 Å². The Labute approximate surface area is 196 Å². The Hall–Kier alpha value is -4.01. The zero-order chi connectivity index (χ0) is 24.1. The van der Waals surface area contributed by atoms with E-state index in [2.05, 4.69) is 15.7 Å². The Kier molecular flexibility index (Phi) is 7.01. The SMILES string of the molecule is Cn1nc(C(=O)Nc2cccc(F)c2)c2c1CCN(C(=O)CCC(=O)NCc1ccccc1)C2.